The summed E-state index contributed by atoms with van der Waals surface area (Å²) in [5, 5.41) is 24.7. The molecule has 1 unspecified atom stereocenters. The van der Waals surface area contributed by atoms with Gasteiger partial charge in [0.1, 0.15) is 5.84 Å². The van der Waals surface area contributed by atoms with Gasteiger partial charge in [0.2, 0.25) is 5.91 Å². The Morgan fingerprint density at radius 2 is 1.84 bits per heavy atom. The van der Waals surface area contributed by atoms with E-state index in [0.717, 1.165) is 11.3 Å². The molecule has 0 fully saturated rings. The van der Waals surface area contributed by atoms with Crippen molar-refractivity contribution in [1.82, 2.24) is 20.6 Å². The van der Waals surface area contributed by atoms with E-state index in [-0.39, 0.29) is 29.2 Å². The van der Waals surface area contributed by atoms with E-state index in [1.54, 1.807) is 66.7 Å². The van der Waals surface area contributed by atoms with Crippen molar-refractivity contribution in [2.75, 3.05) is 23.0 Å². The smallest absolute Gasteiger partial charge is 0.243 e. The highest BCUT2D eigenvalue weighted by molar-refractivity contribution is 7.90. The normalized spacial score (nSPS) is 12.1. The Balaban J connectivity index is 1.53. The molecule has 1 amide bonds. The summed E-state index contributed by atoms with van der Waals surface area (Å²) in [6.07, 6.45) is 1.61. The molecule has 0 aliphatic heterocycles. The summed E-state index contributed by atoms with van der Waals surface area (Å²) in [6, 6.07) is 20.7. The van der Waals surface area contributed by atoms with E-state index in [0.29, 0.717) is 29.1 Å². The SMILES string of the molecule is CC(Cc1nn[nH]n1)N(CC(=O)Nc1ccc(-c2ccccc2S(C)(=O)=O)cc1)c1cccc(C(=N)N)c1. The van der Waals surface area contributed by atoms with Gasteiger partial charge in [0.15, 0.2) is 15.7 Å². The van der Waals surface area contributed by atoms with Gasteiger partial charge in [-0.3, -0.25) is 10.2 Å². The number of nitrogens with two attached hydrogens (primary N) is 1. The number of hydrogen-bond acceptors (Lipinski definition) is 8. The second-order valence-corrected chi connectivity index (χ2v) is 10.9. The fraction of sp³-hybridized carbons (Fsp3) is 0.192. The molecule has 0 saturated heterocycles. The second kappa shape index (κ2) is 11.2. The fourth-order valence-electron chi connectivity index (χ4n) is 4.11. The number of nitrogens with zero attached hydrogens (tertiary/aromatic N) is 4. The Hall–Kier alpha value is -4.58. The molecule has 12 heteroatoms. The highest BCUT2D eigenvalue weighted by atomic mass is 32.2. The van der Waals surface area contributed by atoms with Crippen molar-refractivity contribution < 1.29 is 13.2 Å². The van der Waals surface area contributed by atoms with Gasteiger partial charge in [0, 0.05) is 41.2 Å². The van der Waals surface area contributed by atoms with Gasteiger partial charge in [-0.25, -0.2) is 8.42 Å². The first-order valence-electron chi connectivity index (χ1n) is 11.7. The summed E-state index contributed by atoms with van der Waals surface area (Å²) in [7, 11) is -3.40. The Kier molecular flexibility index (Phi) is 7.82. The van der Waals surface area contributed by atoms with Crippen LogP contribution in [0.2, 0.25) is 0 Å². The van der Waals surface area contributed by atoms with E-state index >= 15 is 0 Å². The van der Waals surface area contributed by atoms with Gasteiger partial charge in [-0.15, -0.1) is 10.2 Å². The zero-order valence-corrected chi connectivity index (χ0v) is 21.7. The Morgan fingerprint density at radius 1 is 1.11 bits per heavy atom. The number of H-pyrrole nitrogens is 1. The quantitative estimate of drug-likeness (QED) is 0.178. The van der Waals surface area contributed by atoms with Crippen LogP contribution in [0.25, 0.3) is 11.1 Å². The number of carbonyl (C=O) groups is 1. The average molecular weight is 533 g/mol. The van der Waals surface area contributed by atoms with Crippen LogP contribution >= 0.6 is 0 Å². The fourth-order valence-corrected chi connectivity index (χ4v) is 5.03. The number of carbonyl (C=O) groups excluding carboxylic acids is 1. The minimum atomic E-state index is -3.40. The van der Waals surface area contributed by atoms with Crippen molar-refractivity contribution in [3.8, 4) is 11.1 Å². The zero-order valence-electron chi connectivity index (χ0n) is 20.9. The topological polar surface area (TPSA) is 171 Å². The molecular formula is C26H28N8O3S. The monoisotopic (exact) mass is 532 g/mol. The van der Waals surface area contributed by atoms with Gasteiger partial charge >= 0.3 is 0 Å². The third kappa shape index (κ3) is 6.40. The molecule has 11 nitrogen and oxygen atoms in total. The van der Waals surface area contributed by atoms with Gasteiger partial charge in [-0.2, -0.15) is 5.21 Å². The molecule has 0 bridgehead atoms. The summed E-state index contributed by atoms with van der Waals surface area (Å²) in [6.45, 7) is 1.96. The summed E-state index contributed by atoms with van der Waals surface area (Å²) in [4.78, 5) is 15.2. The lowest BCUT2D eigenvalue weighted by molar-refractivity contribution is -0.115. The lowest BCUT2D eigenvalue weighted by atomic mass is 10.1. The highest BCUT2D eigenvalue weighted by Crippen LogP contribution is 2.28. The lowest BCUT2D eigenvalue weighted by Crippen LogP contribution is -2.41. The van der Waals surface area contributed by atoms with E-state index in [9.17, 15) is 13.2 Å². The van der Waals surface area contributed by atoms with Gasteiger partial charge in [-0.05, 0) is 42.8 Å². The maximum absolute atomic E-state index is 13.1. The van der Waals surface area contributed by atoms with Crippen molar-refractivity contribution in [2.45, 2.75) is 24.3 Å². The lowest BCUT2D eigenvalue weighted by Gasteiger charge is -2.30. The molecule has 4 aromatic rings. The van der Waals surface area contributed by atoms with Crippen LogP contribution in [0.4, 0.5) is 11.4 Å². The van der Waals surface area contributed by atoms with Crippen molar-refractivity contribution in [2.24, 2.45) is 5.73 Å². The van der Waals surface area contributed by atoms with E-state index in [1.807, 2.05) is 17.9 Å². The number of amidine groups is 1. The predicted molar refractivity (Wildman–Crippen MR) is 146 cm³/mol. The number of tetrazole rings is 1. The Morgan fingerprint density at radius 3 is 2.50 bits per heavy atom. The number of rotatable bonds is 10. The second-order valence-electron chi connectivity index (χ2n) is 8.87. The van der Waals surface area contributed by atoms with E-state index in [1.165, 1.54) is 6.26 Å². The Labute approximate surface area is 220 Å². The van der Waals surface area contributed by atoms with Crippen molar-refractivity contribution in [3.05, 3.63) is 84.2 Å². The van der Waals surface area contributed by atoms with Gasteiger partial charge in [0.05, 0.1) is 11.4 Å². The van der Waals surface area contributed by atoms with Crippen LogP contribution in [0.5, 0.6) is 0 Å². The van der Waals surface area contributed by atoms with E-state index in [2.05, 4.69) is 25.9 Å². The van der Waals surface area contributed by atoms with Crippen molar-refractivity contribution in [3.63, 3.8) is 0 Å². The summed E-state index contributed by atoms with van der Waals surface area (Å²) in [5.74, 6) is 0.178. The molecule has 0 radical (unpaired) electrons. The van der Waals surface area contributed by atoms with E-state index < -0.39 is 9.84 Å². The molecule has 4 rings (SSSR count). The molecular weight excluding hydrogens is 504 g/mol. The third-order valence-electron chi connectivity index (χ3n) is 5.97. The average Bonchev–Trinajstić information content (AvgIpc) is 3.40. The van der Waals surface area contributed by atoms with Crippen LogP contribution in [-0.4, -0.2) is 59.6 Å². The summed E-state index contributed by atoms with van der Waals surface area (Å²) >= 11 is 0. The van der Waals surface area contributed by atoms with Gasteiger partial charge in [0.25, 0.3) is 0 Å². The van der Waals surface area contributed by atoms with Crippen LogP contribution in [-0.2, 0) is 21.1 Å². The standard InChI is InChI=1S/C26H28N8O3S/c1-17(14-24-30-32-33-31-24)34(21-7-5-6-19(15-21)26(27)28)16-25(35)29-20-12-10-18(11-13-20)22-8-3-4-9-23(22)38(2,36)37/h3-13,15,17H,14,16H2,1-2H3,(H3,27,28)(H,29,35)(H,30,31,32,33). The number of amides is 1. The number of hydrogen-bond donors (Lipinski definition) is 4. The van der Waals surface area contributed by atoms with Crippen LogP contribution in [0.1, 0.15) is 18.3 Å². The Bertz CT molecular complexity index is 1540. The maximum atomic E-state index is 13.1. The molecule has 0 spiro atoms. The number of nitrogen functional groups attached to an aromatic ring is 1. The zero-order chi connectivity index (χ0) is 27.3. The third-order valence-corrected chi connectivity index (χ3v) is 7.12. The van der Waals surface area contributed by atoms with Gasteiger partial charge in [-0.1, -0.05) is 47.7 Å². The molecule has 0 aliphatic carbocycles. The molecule has 38 heavy (non-hydrogen) atoms. The van der Waals surface area contributed by atoms with Crippen LogP contribution in [0, 0.1) is 5.41 Å². The number of benzene rings is 3. The number of anilines is 2. The molecule has 3 aromatic carbocycles. The molecule has 1 aromatic heterocycles. The minimum absolute atomic E-state index is 0.0129. The highest BCUT2D eigenvalue weighted by Gasteiger charge is 2.21. The van der Waals surface area contributed by atoms with Crippen LogP contribution in [0.3, 0.4) is 0 Å². The largest absolute Gasteiger partial charge is 0.384 e. The molecule has 0 aliphatic rings. The van der Waals surface area contributed by atoms with Crippen molar-refractivity contribution >= 4 is 33.0 Å². The van der Waals surface area contributed by atoms with E-state index in [4.69, 9.17) is 11.1 Å². The van der Waals surface area contributed by atoms with Crippen LogP contribution < -0.4 is 16.0 Å². The number of aromatic nitrogens is 4. The van der Waals surface area contributed by atoms with Crippen molar-refractivity contribution in [1.29, 1.82) is 5.41 Å². The predicted octanol–water partition coefficient (Wildman–Crippen LogP) is 2.63. The number of nitrogens with one attached hydrogen (secondary N) is 3. The molecule has 1 heterocycles. The summed E-state index contributed by atoms with van der Waals surface area (Å²) in [5.41, 5.74) is 8.83. The first kappa shape index (κ1) is 26.5. The molecule has 196 valence electrons. The minimum Gasteiger partial charge on any atom is -0.384 e. The first-order valence-corrected chi connectivity index (χ1v) is 13.6. The summed E-state index contributed by atoms with van der Waals surface area (Å²) < 4.78 is 24.4. The van der Waals surface area contributed by atoms with Gasteiger partial charge < -0.3 is 16.0 Å². The molecule has 1 atom stereocenters. The molecule has 0 saturated carbocycles. The number of aromatic amines is 1. The molecule has 5 N–H and O–H groups in total. The number of sulfone groups is 1. The van der Waals surface area contributed by atoms with Crippen LogP contribution in [0.15, 0.2) is 77.7 Å². The first-order chi connectivity index (χ1) is 18.1. The maximum Gasteiger partial charge on any atom is 0.243 e.